The topological polar surface area (TPSA) is 19.4 Å². The van der Waals surface area contributed by atoms with Gasteiger partial charge in [0.2, 0.25) is 0 Å². The lowest BCUT2D eigenvalue weighted by Crippen LogP contribution is -2.61. The number of hydrogen-bond donors (Lipinski definition) is 0. The van der Waals surface area contributed by atoms with Gasteiger partial charge in [-0.3, -0.25) is 0 Å². The average molecular weight is 1600 g/mol. The van der Waals surface area contributed by atoms with E-state index in [0.29, 0.717) is 59.2 Å². The van der Waals surface area contributed by atoms with Gasteiger partial charge in [0.1, 0.15) is 0 Å². The van der Waals surface area contributed by atoms with Crippen LogP contribution < -0.4 is 62.2 Å². The van der Waals surface area contributed by atoms with E-state index in [1.165, 1.54) is 157 Å². The molecule has 4 heterocycles. The zero-order valence-corrected chi connectivity index (χ0v) is 75.5. The molecule has 0 aromatic heterocycles. The molecule has 6 nitrogen and oxygen atoms in total. The second-order valence-corrected chi connectivity index (χ2v) is 37.7. The maximum absolute atomic E-state index is 2.57. The minimum Gasteiger partial charge on any atom is -0.311 e. The summed E-state index contributed by atoms with van der Waals surface area (Å²) in [6, 6.07) is 116. The fraction of sp³-hybridized carbons (Fsp3) is 0.263. The highest BCUT2D eigenvalue weighted by atomic mass is 15.2. The van der Waals surface area contributed by atoms with Crippen LogP contribution >= 0.6 is 0 Å². The zero-order valence-electron chi connectivity index (χ0n) is 75.5. The molecule has 0 atom stereocenters. The highest BCUT2D eigenvalue weighted by Gasteiger charge is 2.47. The van der Waals surface area contributed by atoms with Crippen molar-refractivity contribution in [3.8, 4) is 0 Å². The molecular formula is C114H120B2N6. The predicted molar refractivity (Wildman–Crippen MR) is 531 cm³/mol. The molecule has 0 saturated carbocycles. The minimum absolute atomic E-state index is 0.0305. The molecular weight excluding hydrogens is 1470 g/mol. The third-order valence-corrected chi connectivity index (χ3v) is 26.3. The molecule has 14 aromatic rings. The molecule has 0 N–H and O–H groups in total. The van der Waals surface area contributed by atoms with Gasteiger partial charge in [-0.2, -0.15) is 0 Å². The van der Waals surface area contributed by atoms with E-state index in [-0.39, 0.29) is 13.4 Å². The van der Waals surface area contributed by atoms with E-state index in [1.54, 1.807) is 0 Å². The van der Waals surface area contributed by atoms with Gasteiger partial charge in [0.05, 0.1) is 11.4 Å². The number of benzene rings is 14. The molecule has 0 fully saturated rings. The highest BCUT2D eigenvalue weighted by molar-refractivity contribution is 7.01. The Kier molecular flexibility index (Phi) is 22.8. The van der Waals surface area contributed by atoms with Crippen LogP contribution in [0.1, 0.15) is 253 Å². The van der Waals surface area contributed by atoms with Crippen molar-refractivity contribution in [3.63, 3.8) is 0 Å². The van der Waals surface area contributed by atoms with E-state index >= 15 is 0 Å². The minimum atomic E-state index is 0.0305. The first-order valence-corrected chi connectivity index (χ1v) is 45.2. The summed E-state index contributed by atoms with van der Waals surface area (Å²) in [5.74, 6) is 4.25. The molecule has 0 spiro atoms. The number of nitrogens with zero attached hydrogens (tertiary/aromatic N) is 6. The van der Waals surface area contributed by atoms with Gasteiger partial charge in [-0.1, -0.05) is 296 Å². The molecule has 8 heteroatoms. The van der Waals surface area contributed by atoms with Crippen molar-refractivity contribution in [2.24, 2.45) is 0 Å². The largest absolute Gasteiger partial charge is 0.311 e. The maximum atomic E-state index is 2.57. The lowest BCUT2D eigenvalue weighted by molar-refractivity contribution is 0.866. The van der Waals surface area contributed by atoms with Gasteiger partial charge in [0.15, 0.2) is 0 Å². The monoisotopic (exact) mass is 1590 g/mol. The smallest absolute Gasteiger partial charge is 0.252 e. The van der Waals surface area contributed by atoms with Gasteiger partial charge < -0.3 is 29.4 Å². The van der Waals surface area contributed by atoms with Crippen molar-refractivity contribution in [2.75, 3.05) is 29.4 Å². The van der Waals surface area contributed by atoms with E-state index in [2.05, 4.69) is 471 Å². The Bertz CT molecular complexity index is 5740. The summed E-state index contributed by atoms with van der Waals surface area (Å²) >= 11 is 0. The maximum Gasteiger partial charge on any atom is 0.252 e. The van der Waals surface area contributed by atoms with Gasteiger partial charge in [-0.05, 0) is 293 Å². The Morgan fingerprint density at radius 3 is 0.549 bits per heavy atom. The number of rotatable bonds is 20. The van der Waals surface area contributed by atoms with Gasteiger partial charge in [0, 0.05) is 91.0 Å². The molecule has 612 valence electrons. The molecule has 4 aliphatic heterocycles. The zero-order chi connectivity index (χ0) is 85.4. The van der Waals surface area contributed by atoms with E-state index < -0.39 is 0 Å². The molecule has 0 unspecified atom stereocenters. The Morgan fingerprint density at radius 2 is 0.352 bits per heavy atom. The van der Waals surface area contributed by atoms with Crippen molar-refractivity contribution >= 4 is 149 Å². The summed E-state index contributed by atoms with van der Waals surface area (Å²) < 4.78 is 0. The number of para-hydroxylation sites is 2. The summed E-state index contributed by atoms with van der Waals surface area (Å²) in [7, 11) is 0. The Balaban J connectivity index is 0.000000174. The summed E-state index contributed by atoms with van der Waals surface area (Å²) in [5, 5.41) is 0. The lowest BCUT2D eigenvalue weighted by atomic mass is 9.33. The van der Waals surface area contributed by atoms with E-state index in [4.69, 9.17) is 0 Å². The van der Waals surface area contributed by atoms with Crippen LogP contribution in [0.15, 0.2) is 303 Å². The molecule has 14 aromatic carbocycles. The number of hydrogen-bond acceptors (Lipinski definition) is 6. The highest BCUT2D eigenvalue weighted by Crippen LogP contribution is 2.53. The van der Waals surface area contributed by atoms with Crippen molar-refractivity contribution in [3.05, 3.63) is 359 Å². The first-order valence-electron chi connectivity index (χ1n) is 45.2. The average Bonchev–Trinajstić information content (AvgIpc) is 0.698. The van der Waals surface area contributed by atoms with E-state index in [0.717, 1.165) is 34.1 Å². The standard InChI is InChI=1S/C60H66BN3.C54H54BN3/c1-37(2)43-13-23-49(24-14-43)62(50-25-15-44(16-26-50)38(3)4)53-35-58-60-59(36-53)64(52-29-19-46(20-30-52)40(7)8)57-32-22-48(42(11)12)34-55(57)61(60)54-33-47(41(9)10)21-31-56(54)63(58)51-27-17-45(18-28-51)39(5)6;1-35(2)39-19-25-45(26-20-39)57-50-29-23-41(37(5)6)31-48(50)55-49-32-42(38(7)8)24-30-51(49)58(46-27-21-40(22-28-46)36(3)4)53-34-47(33-52(57)54(53)55)56(43-15-11-9-12-16-43)44-17-13-10-14-18-44/h13-42H,1-12H3;9-38H,1-8H3. The predicted octanol–water partition coefficient (Wildman–Crippen LogP) is 29.7. The SMILES string of the molecule is CC(C)c1ccc(N(c2ccc(C(C)C)cc2)c2cc3c4c(c2)N(c2ccc(C(C)C)cc2)c2ccc(C(C)C)cc2B4c2cc(C(C)C)ccc2N3c2ccc(C(C)C)cc2)cc1.CC(C)c1ccc(N2c3ccc(C(C)C)cc3B3c4cc(C(C)C)ccc4N(c4ccc(C(C)C)cc4)c4cc(N(c5ccccc5)c5ccccc5)cc2c43)cc1. The quantitative estimate of drug-likeness (QED) is 0.0704. The Hall–Kier alpha value is -12.0. The van der Waals surface area contributed by atoms with Crippen molar-refractivity contribution in [1.29, 1.82) is 0 Å². The van der Waals surface area contributed by atoms with Crippen LogP contribution in [0.4, 0.5) is 102 Å². The number of fused-ring (bicyclic) bond motifs is 8. The van der Waals surface area contributed by atoms with Crippen molar-refractivity contribution in [1.82, 2.24) is 0 Å². The van der Waals surface area contributed by atoms with Crippen molar-refractivity contribution in [2.45, 2.75) is 198 Å². The molecule has 0 bridgehead atoms. The van der Waals surface area contributed by atoms with Gasteiger partial charge in [-0.15, -0.1) is 0 Å². The first-order chi connectivity index (χ1) is 58.8. The Morgan fingerprint density at radius 1 is 0.172 bits per heavy atom. The van der Waals surface area contributed by atoms with Gasteiger partial charge in [-0.25, -0.2) is 0 Å². The second-order valence-electron chi connectivity index (χ2n) is 37.7. The van der Waals surface area contributed by atoms with Crippen LogP contribution in [0.3, 0.4) is 0 Å². The van der Waals surface area contributed by atoms with Crippen LogP contribution in [-0.4, -0.2) is 13.4 Å². The molecule has 0 saturated heterocycles. The molecule has 122 heavy (non-hydrogen) atoms. The fourth-order valence-corrected chi connectivity index (χ4v) is 19.0. The third kappa shape index (κ3) is 15.3. The Labute approximate surface area is 729 Å². The summed E-state index contributed by atoms with van der Waals surface area (Å²) in [6.45, 7) is 45.9. The van der Waals surface area contributed by atoms with Crippen molar-refractivity contribution < 1.29 is 0 Å². The van der Waals surface area contributed by atoms with Gasteiger partial charge >= 0.3 is 0 Å². The van der Waals surface area contributed by atoms with Crippen LogP contribution in [0.5, 0.6) is 0 Å². The summed E-state index contributed by atoms with van der Waals surface area (Å²) in [4.78, 5) is 15.1. The first kappa shape index (κ1) is 82.3. The van der Waals surface area contributed by atoms with Crippen LogP contribution in [0.25, 0.3) is 0 Å². The third-order valence-electron chi connectivity index (χ3n) is 26.3. The fourth-order valence-electron chi connectivity index (χ4n) is 19.0. The van der Waals surface area contributed by atoms with Gasteiger partial charge in [0.25, 0.3) is 13.4 Å². The van der Waals surface area contributed by atoms with E-state index in [1.807, 2.05) is 0 Å². The molecule has 4 aliphatic rings. The molecule has 18 rings (SSSR count). The molecule has 0 radical (unpaired) electrons. The van der Waals surface area contributed by atoms with Crippen LogP contribution in [-0.2, 0) is 0 Å². The summed E-state index contributed by atoms with van der Waals surface area (Å²) in [5.41, 5.74) is 42.9. The summed E-state index contributed by atoms with van der Waals surface area (Å²) in [6.07, 6.45) is 0. The second kappa shape index (κ2) is 33.8. The number of anilines is 18. The van der Waals surface area contributed by atoms with Crippen LogP contribution in [0.2, 0.25) is 0 Å². The van der Waals surface area contributed by atoms with E-state index in [9.17, 15) is 0 Å². The van der Waals surface area contributed by atoms with Crippen LogP contribution in [0, 0.1) is 0 Å². The molecule has 0 amide bonds. The lowest BCUT2D eigenvalue weighted by Gasteiger charge is -2.45. The normalized spacial score (nSPS) is 13.1. The molecule has 0 aliphatic carbocycles.